The van der Waals surface area contributed by atoms with E-state index < -0.39 is 0 Å². The minimum atomic E-state index is -0.220. The van der Waals surface area contributed by atoms with Gasteiger partial charge in [0.15, 0.2) is 5.96 Å². The van der Waals surface area contributed by atoms with Crippen molar-refractivity contribution in [1.29, 1.82) is 0 Å². The van der Waals surface area contributed by atoms with E-state index in [9.17, 15) is 4.39 Å². The van der Waals surface area contributed by atoms with Crippen LogP contribution in [0.4, 0.5) is 4.39 Å². The van der Waals surface area contributed by atoms with Crippen LogP contribution in [0.1, 0.15) is 31.4 Å². The molecule has 2 aliphatic rings. The third kappa shape index (κ3) is 5.09. The number of nitrogens with zero attached hydrogens (tertiary/aromatic N) is 3. The van der Waals surface area contributed by atoms with Crippen molar-refractivity contribution >= 4 is 5.96 Å². The van der Waals surface area contributed by atoms with E-state index in [2.05, 4.69) is 43.5 Å². The number of aromatic amines is 1. The SMILES string of the molecule is C[C@@H](CN1CCC(c2cc(-c3ccncc3)c(-c3ccc(F)cc3)[nH]2)CC1)NC1=NCCN1. The molecular formula is C26H31FN6. The molecule has 6 nitrogen and oxygen atoms in total. The Labute approximate surface area is 194 Å². The number of nitrogens with one attached hydrogen (secondary N) is 3. The van der Waals surface area contributed by atoms with Gasteiger partial charge in [0, 0.05) is 48.7 Å². The number of benzene rings is 1. The van der Waals surface area contributed by atoms with Crippen LogP contribution in [0.5, 0.6) is 0 Å². The van der Waals surface area contributed by atoms with Crippen LogP contribution in [-0.2, 0) is 0 Å². The van der Waals surface area contributed by atoms with Crippen molar-refractivity contribution in [2.75, 3.05) is 32.7 Å². The average Bonchev–Trinajstić information content (AvgIpc) is 3.51. The fraction of sp³-hybridized carbons (Fsp3) is 0.385. The Bertz CT molecular complexity index is 1080. The lowest BCUT2D eigenvalue weighted by Gasteiger charge is -2.33. The van der Waals surface area contributed by atoms with Crippen molar-refractivity contribution in [2.24, 2.45) is 4.99 Å². The first-order valence-electron chi connectivity index (χ1n) is 11.8. The normalized spacial score (nSPS) is 18.1. The molecule has 33 heavy (non-hydrogen) atoms. The fourth-order valence-electron chi connectivity index (χ4n) is 4.89. The number of halogens is 1. The first-order valence-corrected chi connectivity index (χ1v) is 11.8. The van der Waals surface area contributed by atoms with Gasteiger partial charge in [-0.2, -0.15) is 0 Å². The number of guanidine groups is 1. The van der Waals surface area contributed by atoms with Gasteiger partial charge in [-0.25, -0.2) is 4.39 Å². The van der Waals surface area contributed by atoms with Gasteiger partial charge in [-0.1, -0.05) is 0 Å². The highest BCUT2D eigenvalue weighted by Gasteiger charge is 2.25. The monoisotopic (exact) mass is 446 g/mol. The minimum absolute atomic E-state index is 0.220. The number of rotatable bonds is 6. The highest BCUT2D eigenvalue weighted by Crippen LogP contribution is 2.37. The van der Waals surface area contributed by atoms with Crippen molar-refractivity contribution in [1.82, 2.24) is 25.5 Å². The van der Waals surface area contributed by atoms with Gasteiger partial charge in [-0.15, -0.1) is 0 Å². The lowest BCUT2D eigenvalue weighted by Crippen LogP contribution is -2.47. The van der Waals surface area contributed by atoms with E-state index in [0.717, 1.165) is 73.9 Å². The van der Waals surface area contributed by atoms with Crippen molar-refractivity contribution < 1.29 is 4.39 Å². The van der Waals surface area contributed by atoms with Crippen molar-refractivity contribution in [2.45, 2.75) is 31.7 Å². The predicted octanol–water partition coefficient (Wildman–Crippen LogP) is 4.00. The van der Waals surface area contributed by atoms with E-state index in [1.807, 2.05) is 36.7 Å². The molecule has 0 spiro atoms. The first-order chi connectivity index (χ1) is 16.2. The van der Waals surface area contributed by atoms with Gasteiger partial charge in [0.2, 0.25) is 0 Å². The summed E-state index contributed by atoms with van der Waals surface area (Å²) in [6, 6.07) is 13.4. The number of pyridine rings is 1. The summed E-state index contributed by atoms with van der Waals surface area (Å²) in [4.78, 5) is 14.8. The summed E-state index contributed by atoms with van der Waals surface area (Å²) in [5, 5.41) is 6.76. The Morgan fingerprint density at radius 2 is 1.85 bits per heavy atom. The van der Waals surface area contributed by atoms with E-state index in [1.54, 1.807) is 0 Å². The Balaban J connectivity index is 1.29. The second-order valence-electron chi connectivity index (χ2n) is 9.03. The van der Waals surface area contributed by atoms with Gasteiger partial charge in [-0.3, -0.25) is 9.98 Å². The van der Waals surface area contributed by atoms with Crippen molar-refractivity contribution in [3.8, 4) is 22.4 Å². The zero-order valence-electron chi connectivity index (χ0n) is 19.0. The molecule has 0 unspecified atom stereocenters. The standard InChI is InChI=1S/C26H31FN6/c1-18(31-26-29-12-13-30-26)17-33-14-8-20(9-15-33)24-16-23(19-6-10-28-11-7-19)25(32-24)21-2-4-22(27)5-3-21/h2-7,10-11,16,18,20,32H,8-9,12-15,17H2,1H3,(H2,29,30,31)/t18-/m0/s1. The van der Waals surface area contributed by atoms with Crippen molar-refractivity contribution in [3.63, 3.8) is 0 Å². The third-order valence-corrected chi connectivity index (χ3v) is 6.58. The van der Waals surface area contributed by atoms with Crippen LogP contribution >= 0.6 is 0 Å². The topological polar surface area (TPSA) is 68.3 Å². The smallest absolute Gasteiger partial charge is 0.191 e. The van der Waals surface area contributed by atoms with Crippen LogP contribution < -0.4 is 10.6 Å². The number of likely N-dealkylation sites (tertiary alicyclic amines) is 1. The Kier molecular flexibility index (Phi) is 6.39. The third-order valence-electron chi connectivity index (χ3n) is 6.58. The molecule has 0 saturated carbocycles. The maximum Gasteiger partial charge on any atom is 0.191 e. The quantitative estimate of drug-likeness (QED) is 0.535. The number of hydrogen-bond acceptors (Lipinski definition) is 5. The maximum atomic E-state index is 13.5. The van der Waals surface area contributed by atoms with Gasteiger partial charge in [0.25, 0.3) is 0 Å². The van der Waals surface area contributed by atoms with Crippen LogP contribution in [0.15, 0.2) is 59.9 Å². The molecule has 3 N–H and O–H groups in total. The molecule has 1 atom stereocenters. The Morgan fingerprint density at radius 3 is 2.55 bits per heavy atom. The fourth-order valence-corrected chi connectivity index (χ4v) is 4.89. The van der Waals surface area contributed by atoms with Crippen LogP contribution in [0.25, 0.3) is 22.4 Å². The molecule has 0 radical (unpaired) electrons. The van der Waals surface area contributed by atoms with Gasteiger partial charge in [0.05, 0.1) is 12.2 Å². The number of H-pyrrole nitrogens is 1. The molecule has 5 rings (SSSR count). The van der Waals surface area contributed by atoms with Gasteiger partial charge in [0.1, 0.15) is 5.82 Å². The Morgan fingerprint density at radius 1 is 1.09 bits per heavy atom. The molecule has 1 aromatic carbocycles. The summed E-state index contributed by atoms with van der Waals surface area (Å²) in [6.07, 6.45) is 5.86. The lowest BCUT2D eigenvalue weighted by molar-refractivity contribution is 0.199. The largest absolute Gasteiger partial charge is 0.358 e. The summed E-state index contributed by atoms with van der Waals surface area (Å²) in [5.41, 5.74) is 5.56. The zero-order chi connectivity index (χ0) is 22.6. The van der Waals surface area contributed by atoms with Crippen LogP contribution in [0.2, 0.25) is 0 Å². The molecule has 3 aromatic rings. The van der Waals surface area contributed by atoms with E-state index in [-0.39, 0.29) is 5.82 Å². The summed E-state index contributed by atoms with van der Waals surface area (Å²) in [7, 11) is 0. The zero-order valence-corrected chi connectivity index (χ0v) is 19.0. The highest BCUT2D eigenvalue weighted by atomic mass is 19.1. The minimum Gasteiger partial charge on any atom is -0.358 e. The molecule has 0 bridgehead atoms. The van der Waals surface area contributed by atoms with Gasteiger partial charge >= 0.3 is 0 Å². The molecule has 0 amide bonds. The predicted molar refractivity (Wildman–Crippen MR) is 131 cm³/mol. The second kappa shape index (κ2) is 9.75. The number of aromatic nitrogens is 2. The molecule has 4 heterocycles. The number of hydrogen-bond donors (Lipinski definition) is 3. The summed E-state index contributed by atoms with van der Waals surface area (Å²) in [5.74, 6) is 1.20. The number of piperidine rings is 1. The molecule has 172 valence electrons. The molecule has 1 fully saturated rings. The van der Waals surface area contributed by atoms with Crippen LogP contribution in [0.3, 0.4) is 0 Å². The average molecular weight is 447 g/mol. The molecule has 0 aliphatic carbocycles. The Hall–Kier alpha value is -3.19. The maximum absolute atomic E-state index is 13.5. The molecule has 2 aliphatic heterocycles. The molecule has 1 saturated heterocycles. The van der Waals surface area contributed by atoms with Gasteiger partial charge < -0.3 is 20.5 Å². The first kappa shape index (κ1) is 21.6. The summed E-state index contributed by atoms with van der Waals surface area (Å²) in [6.45, 7) is 7.17. The molecule has 7 heteroatoms. The summed E-state index contributed by atoms with van der Waals surface area (Å²) < 4.78 is 13.5. The second-order valence-corrected chi connectivity index (χ2v) is 9.03. The van der Waals surface area contributed by atoms with E-state index >= 15 is 0 Å². The van der Waals surface area contributed by atoms with Crippen LogP contribution in [-0.4, -0.2) is 59.6 Å². The van der Waals surface area contributed by atoms with E-state index in [1.165, 1.54) is 17.8 Å². The lowest BCUT2D eigenvalue weighted by atomic mass is 9.92. The highest BCUT2D eigenvalue weighted by molar-refractivity contribution is 5.82. The number of aliphatic imine (C=N–C) groups is 1. The van der Waals surface area contributed by atoms with Crippen molar-refractivity contribution in [3.05, 3.63) is 66.4 Å². The molecule has 2 aromatic heterocycles. The van der Waals surface area contributed by atoms with E-state index in [4.69, 9.17) is 0 Å². The van der Waals surface area contributed by atoms with Gasteiger partial charge in [-0.05, 0) is 86.4 Å². The van der Waals surface area contributed by atoms with Crippen LogP contribution in [0, 0.1) is 5.82 Å². The molecular weight excluding hydrogens is 415 g/mol. The summed E-state index contributed by atoms with van der Waals surface area (Å²) >= 11 is 0. The van der Waals surface area contributed by atoms with E-state index in [0.29, 0.717) is 12.0 Å².